The van der Waals surface area contributed by atoms with Crippen molar-refractivity contribution in [1.82, 2.24) is 0 Å². The van der Waals surface area contributed by atoms with Crippen molar-refractivity contribution in [2.75, 3.05) is 26.4 Å². The minimum atomic E-state index is -4.54. The topological polar surface area (TPSA) is 113 Å². The number of aliphatic hydroxyl groups excluding tert-OH is 2. The van der Waals surface area contributed by atoms with Crippen molar-refractivity contribution in [2.24, 2.45) is 0 Å². The van der Waals surface area contributed by atoms with Crippen molar-refractivity contribution in [3.05, 3.63) is 18.2 Å². The van der Waals surface area contributed by atoms with Gasteiger partial charge in [0, 0.05) is 0 Å². The Kier molecular flexibility index (Phi) is 8.59. The average Bonchev–Trinajstić information content (AvgIpc) is 2.32. The molecule has 1 rings (SSSR count). The van der Waals surface area contributed by atoms with Crippen LogP contribution >= 0.6 is 0 Å². The van der Waals surface area contributed by atoms with E-state index in [0.717, 1.165) is 0 Å². The molecule has 7 nitrogen and oxygen atoms in total. The van der Waals surface area contributed by atoms with Crippen LogP contribution in [0.2, 0.25) is 0 Å². The SMILES string of the molecule is O=S(=O)(O)c1c(OCCO)cccc1OCCO.[NaH]. The van der Waals surface area contributed by atoms with Gasteiger partial charge in [-0.3, -0.25) is 4.55 Å². The van der Waals surface area contributed by atoms with Gasteiger partial charge in [-0.15, -0.1) is 0 Å². The summed E-state index contributed by atoms with van der Waals surface area (Å²) in [7, 11) is -4.54. The quantitative estimate of drug-likeness (QED) is 0.438. The summed E-state index contributed by atoms with van der Waals surface area (Å²) in [5, 5.41) is 17.3. The van der Waals surface area contributed by atoms with Crippen LogP contribution in [-0.4, -0.2) is 79.2 Å². The molecule has 19 heavy (non-hydrogen) atoms. The molecule has 0 atom stereocenters. The fourth-order valence-corrected chi connectivity index (χ4v) is 2.05. The van der Waals surface area contributed by atoms with E-state index < -0.39 is 15.0 Å². The molecule has 0 heterocycles. The average molecular weight is 302 g/mol. The van der Waals surface area contributed by atoms with E-state index in [1.807, 2.05) is 0 Å². The van der Waals surface area contributed by atoms with Gasteiger partial charge in [0.05, 0.1) is 13.2 Å². The summed E-state index contributed by atoms with van der Waals surface area (Å²) < 4.78 is 41.7. The Labute approximate surface area is 133 Å². The van der Waals surface area contributed by atoms with Gasteiger partial charge in [-0.1, -0.05) is 6.07 Å². The molecule has 1 aromatic rings. The zero-order valence-electron chi connectivity index (χ0n) is 9.44. The Hall–Kier alpha value is -0.350. The predicted octanol–water partition coefficient (Wildman–Crippen LogP) is -0.973. The van der Waals surface area contributed by atoms with Crippen molar-refractivity contribution in [3.63, 3.8) is 0 Å². The molecular formula is C10H15NaO7S. The molecule has 0 aromatic heterocycles. The number of ether oxygens (including phenoxy) is 2. The van der Waals surface area contributed by atoms with Crippen LogP contribution in [0.15, 0.2) is 23.1 Å². The molecule has 104 valence electrons. The Morgan fingerprint density at radius 3 is 1.74 bits per heavy atom. The zero-order valence-corrected chi connectivity index (χ0v) is 10.3. The molecule has 9 heteroatoms. The first-order valence-electron chi connectivity index (χ1n) is 5.08. The molecule has 0 aliphatic heterocycles. The first kappa shape index (κ1) is 18.7. The Morgan fingerprint density at radius 1 is 1.00 bits per heavy atom. The van der Waals surface area contributed by atoms with E-state index in [0.29, 0.717) is 0 Å². The third-order valence-corrected chi connectivity index (χ3v) is 2.82. The third-order valence-electron chi connectivity index (χ3n) is 1.90. The second-order valence-corrected chi connectivity index (χ2v) is 4.56. The maximum absolute atomic E-state index is 11.3. The third kappa shape index (κ3) is 5.65. The molecule has 0 unspecified atom stereocenters. The van der Waals surface area contributed by atoms with Crippen LogP contribution < -0.4 is 9.47 Å². The standard InChI is InChI=1S/C10H14O7S.Na.H/c11-4-6-16-8-2-1-3-9(17-7-5-12)10(8)18(13,14)15;;/h1-3,11-12H,4-7H2,(H,13,14,15);;. The molecule has 0 bridgehead atoms. The molecule has 0 amide bonds. The Morgan fingerprint density at radius 2 is 1.42 bits per heavy atom. The van der Waals surface area contributed by atoms with E-state index in [-0.39, 0.29) is 67.5 Å². The zero-order chi connectivity index (χ0) is 13.6. The summed E-state index contributed by atoms with van der Waals surface area (Å²) in [5.41, 5.74) is 0. The van der Waals surface area contributed by atoms with E-state index >= 15 is 0 Å². The Bertz CT molecular complexity index is 462. The number of hydrogen-bond donors (Lipinski definition) is 3. The second kappa shape index (κ2) is 8.75. The normalized spacial score (nSPS) is 10.7. The van der Waals surface area contributed by atoms with Crippen molar-refractivity contribution in [1.29, 1.82) is 0 Å². The first-order valence-corrected chi connectivity index (χ1v) is 6.52. The number of hydrogen-bond acceptors (Lipinski definition) is 6. The predicted molar refractivity (Wildman–Crippen MR) is 68.6 cm³/mol. The molecule has 0 radical (unpaired) electrons. The van der Waals surface area contributed by atoms with E-state index in [1.165, 1.54) is 18.2 Å². The molecule has 0 fully saturated rings. The molecule has 0 saturated heterocycles. The van der Waals surface area contributed by atoms with E-state index in [2.05, 4.69) is 0 Å². The van der Waals surface area contributed by atoms with Gasteiger partial charge in [-0.2, -0.15) is 8.42 Å². The van der Waals surface area contributed by atoms with Gasteiger partial charge in [0.25, 0.3) is 0 Å². The van der Waals surface area contributed by atoms with Crippen molar-refractivity contribution in [3.8, 4) is 11.5 Å². The summed E-state index contributed by atoms with van der Waals surface area (Å²) in [4.78, 5) is -0.521. The minimum absolute atomic E-state index is 0. The van der Waals surface area contributed by atoms with Gasteiger partial charge in [0.2, 0.25) is 0 Å². The van der Waals surface area contributed by atoms with Crippen LogP contribution in [0.4, 0.5) is 0 Å². The second-order valence-electron chi connectivity index (χ2n) is 3.20. The van der Waals surface area contributed by atoms with E-state index in [4.69, 9.17) is 24.2 Å². The number of benzene rings is 1. The van der Waals surface area contributed by atoms with Crippen LogP contribution in [-0.2, 0) is 10.1 Å². The summed E-state index contributed by atoms with van der Waals surface area (Å²) in [5.74, 6) is -0.246. The van der Waals surface area contributed by atoms with Crippen LogP contribution in [0.3, 0.4) is 0 Å². The molecular weight excluding hydrogens is 287 g/mol. The molecule has 0 aliphatic rings. The van der Waals surface area contributed by atoms with Gasteiger partial charge >= 0.3 is 39.7 Å². The summed E-state index contributed by atoms with van der Waals surface area (Å²) in [6.45, 7) is -0.836. The molecule has 1 aromatic carbocycles. The Balaban J connectivity index is 0.00000324. The van der Waals surface area contributed by atoms with Gasteiger partial charge in [-0.05, 0) is 12.1 Å². The molecule has 3 N–H and O–H groups in total. The van der Waals surface area contributed by atoms with Crippen LogP contribution in [0.1, 0.15) is 0 Å². The van der Waals surface area contributed by atoms with Crippen LogP contribution in [0.25, 0.3) is 0 Å². The fourth-order valence-electron chi connectivity index (χ4n) is 1.29. The summed E-state index contributed by atoms with van der Waals surface area (Å²) in [6.07, 6.45) is 0. The van der Waals surface area contributed by atoms with Crippen LogP contribution in [0, 0.1) is 0 Å². The van der Waals surface area contributed by atoms with Crippen LogP contribution in [0.5, 0.6) is 11.5 Å². The van der Waals surface area contributed by atoms with Crippen molar-refractivity contribution < 1.29 is 32.7 Å². The van der Waals surface area contributed by atoms with Gasteiger partial charge in [-0.25, -0.2) is 0 Å². The van der Waals surface area contributed by atoms with E-state index in [9.17, 15) is 8.42 Å². The van der Waals surface area contributed by atoms with Crippen molar-refractivity contribution in [2.45, 2.75) is 4.90 Å². The van der Waals surface area contributed by atoms with E-state index in [1.54, 1.807) is 0 Å². The first-order chi connectivity index (χ1) is 8.50. The number of rotatable bonds is 7. The van der Waals surface area contributed by atoms with Crippen molar-refractivity contribution >= 4 is 39.7 Å². The monoisotopic (exact) mass is 302 g/mol. The fraction of sp³-hybridized carbons (Fsp3) is 0.400. The number of aliphatic hydroxyl groups is 2. The summed E-state index contributed by atoms with van der Waals surface area (Å²) >= 11 is 0. The van der Waals surface area contributed by atoms with Gasteiger partial charge < -0.3 is 19.7 Å². The molecule has 0 aliphatic carbocycles. The molecule has 0 spiro atoms. The summed E-state index contributed by atoms with van der Waals surface area (Å²) in [6, 6.07) is 4.11. The maximum atomic E-state index is 11.3. The van der Waals surface area contributed by atoms with Gasteiger partial charge in [0.15, 0.2) is 4.90 Å². The van der Waals surface area contributed by atoms with Gasteiger partial charge in [0.1, 0.15) is 24.7 Å². The molecule has 0 saturated carbocycles.